The Balaban J connectivity index is 1.52. The summed E-state index contributed by atoms with van der Waals surface area (Å²) in [6.45, 7) is 6.26. The van der Waals surface area contributed by atoms with Crippen LogP contribution in [0.2, 0.25) is 0 Å². The third-order valence-electron chi connectivity index (χ3n) is 4.22. The van der Waals surface area contributed by atoms with Gasteiger partial charge in [-0.2, -0.15) is 0 Å². The van der Waals surface area contributed by atoms with Crippen molar-refractivity contribution in [3.8, 4) is 0 Å². The lowest BCUT2D eigenvalue weighted by Crippen LogP contribution is -2.46. The van der Waals surface area contributed by atoms with Gasteiger partial charge < -0.3 is 10.1 Å². The summed E-state index contributed by atoms with van der Waals surface area (Å²) < 4.78 is 6.56. The van der Waals surface area contributed by atoms with Crippen molar-refractivity contribution in [2.45, 2.75) is 25.9 Å². The molecule has 0 aliphatic carbocycles. The van der Waals surface area contributed by atoms with Crippen LogP contribution >= 0.6 is 0 Å². The maximum absolute atomic E-state index is 12.3. The average Bonchev–Trinajstić information content (AvgIpc) is 2.62. The van der Waals surface area contributed by atoms with E-state index in [2.05, 4.69) is 20.5 Å². The van der Waals surface area contributed by atoms with Gasteiger partial charge in [0.05, 0.1) is 25.1 Å². The highest BCUT2D eigenvalue weighted by Crippen LogP contribution is 2.03. The second-order valence-electron chi connectivity index (χ2n) is 6.27. The van der Waals surface area contributed by atoms with Gasteiger partial charge in [-0.25, -0.2) is 4.68 Å². The zero-order valence-corrected chi connectivity index (χ0v) is 14.4. The Hall–Kier alpha value is -2.32. The summed E-state index contributed by atoms with van der Waals surface area (Å²) in [5, 5.41) is 11.4. The number of nitrogens with zero attached hydrogens (tertiary/aromatic N) is 4. The number of benzene rings is 1. The molecule has 0 unspecified atom stereocenters. The van der Waals surface area contributed by atoms with Crippen molar-refractivity contribution in [2.24, 2.45) is 0 Å². The third kappa shape index (κ3) is 4.61. The van der Waals surface area contributed by atoms with Crippen LogP contribution in [0.1, 0.15) is 13.3 Å². The molecule has 1 aliphatic rings. The van der Waals surface area contributed by atoms with Gasteiger partial charge in [0.25, 0.3) is 5.56 Å². The maximum Gasteiger partial charge on any atom is 0.277 e. The number of ether oxygens (including phenoxy) is 1. The van der Waals surface area contributed by atoms with Crippen LogP contribution in [-0.2, 0) is 16.1 Å². The molecule has 0 saturated carbocycles. The van der Waals surface area contributed by atoms with E-state index in [0.717, 1.165) is 32.8 Å². The van der Waals surface area contributed by atoms with Crippen LogP contribution in [-0.4, -0.2) is 64.7 Å². The summed E-state index contributed by atoms with van der Waals surface area (Å²) in [7, 11) is 0. The molecule has 1 aromatic heterocycles. The molecule has 1 N–H and O–H groups in total. The molecule has 134 valence electrons. The number of fused-ring (bicyclic) bond motifs is 1. The standard InChI is InChI=1S/C17H23N5O3/c1-13(12-21-8-10-25-11-9-21)18-16(23)6-7-22-17(24)14-4-2-3-5-15(14)19-20-22/h2-5,13H,6-12H2,1H3,(H,18,23)/t13-/m0/s1. The number of morpholine rings is 1. The molecular weight excluding hydrogens is 322 g/mol. The Morgan fingerprint density at radius 2 is 2.08 bits per heavy atom. The molecular formula is C17H23N5O3. The number of aromatic nitrogens is 3. The Bertz CT molecular complexity index is 785. The Kier molecular flexibility index (Phi) is 5.72. The predicted molar refractivity (Wildman–Crippen MR) is 93.3 cm³/mol. The minimum absolute atomic E-state index is 0.0463. The minimum Gasteiger partial charge on any atom is -0.379 e. The Labute approximate surface area is 145 Å². The van der Waals surface area contributed by atoms with E-state index in [1.54, 1.807) is 18.2 Å². The zero-order valence-electron chi connectivity index (χ0n) is 14.4. The summed E-state index contributed by atoms with van der Waals surface area (Å²) in [5.41, 5.74) is 0.340. The number of nitrogens with one attached hydrogen (secondary N) is 1. The fourth-order valence-electron chi connectivity index (χ4n) is 2.94. The summed E-state index contributed by atoms with van der Waals surface area (Å²) in [5.74, 6) is -0.0948. The molecule has 8 heteroatoms. The minimum atomic E-state index is -0.222. The molecule has 1 aromatic carbocycles. The van der Waals surface area contributed by atoms with Crippen molar-refractivity contribution in [3.05, 3.63) is 34.6 Å². The highest BCUT2D eigenvalue weighted by atomic mass is 16.5. The summed E-state index contributed by atoms with van der Waals surface area (Å²) in [4.78, 5) is 26.7. The number of carbonyl (C=O) groups is 1. The number of rotatable bonds is 6. The number of amides is 1. The topological polar surface area (TPSA) is 89.3 Å². The van der Waals surface area contributed by atoms with Gasteiger partial charge in [0.2, 0.25) is 5.91 Å². The first-order valence-corrected chi connectivity index (χ1v) is 8.55. The first-order chi connectivity index (χ1) is 12.1. The SMILES string of the molecule is C[C@@H](CN1CCOCC1)NC(=O)CCn1nnc2ccccc2c1=O. The van der Waals surface area contributed by atoms with Crippen LogP contribution in [0.3, 0.4) is 0 Å². The zero-order chi connectivity index (χ0) is 17.6. The number of aryl methyl sites for hydroxylation is 1. The first-order valence-electron chi connectivity index (χ1n) is 8.55. The van der Waals surface area contributed by atoms with E-state index in [9.17, 15) is 9.59 Å². The normalized spacial score (nSPS) is 16.7. The lowest BCUT2D eigenvalue weighted by Gasteiger charge is -2.29. The van der Waals surface area contributed by atoms with Gasteiger partial charge in [-0.1, -0.05) is 17.3 Å². The molecule has 1 atom stereocenters. The fraction of sp³-hybridized carbons (Fsp3) is 0.529. The van der Waals surface area contributed by atoms with E-state index < -0.39 is 0 Å². The predicted octanol–water partition coefficient (Wildman–Crippen LogP) is 0.0185. The first kappa shape index (κ1) is 17.5. The average molecular weight is 345 g/mol. The van der Waals surface area contributed by atoms with Crippen LogP contribution in [0, 0.1) is 0 Å². The fourth-order valence-corrected chi connectivity index (χ4v) is 2.94. The smallest absolute Gasteiger partial charge is 0.277 e. The molecule has 25 heavy (non-hydrogen) atoms. The lowest BCUT2D eigenvalue weighted by atomic mass is 10.2. The molecule has 0 radical (unpaired) electrons. The van der Waals surface area contributed by atoms with Gasteiger partial charge in [-0.15, -0.1) is 5.10 Å². The summed E-state index contributed by atoms with van der Waals surface area (Å²) in [6, 6.07) is 7.10. The third-order valence-corrected chi connectivity index (χ3v) is 4.22. The summed E-state index contributed by atoms with van der Waals surface area (Å²) >= 11 is 0. The van der Waals surface area contributed by atoms with Gasteiger partial charge in [0.15, 0.2) is 0 Å². The lowest BCUT2D eigenvalue weighted by molar-refractivity contribution is -0.122. The van der Waals surface area contributed by atoms with Crippen molar-refractivity contribution < 1.29 is 9.53 Å². The highest BCUT2D eigenvalue weighted by Gasteiger charge is 2.15. The van der Waals surface area contributed by atoms with Crippen LogP contribution < -0.4 is 10.9 Å². The van der Waals surface area contributed by atoms with Crippen LogP contribution in [0.15, 0.2) is 29.1 Å². The van der Waals surface area contributed by atoms with Crippen molar-refractivity contribution in [3.63, 3.8) is 0 Å². The number of carbonyl (C=O) groups excluding carboxylic acids is 1. The quantitative estimate of drug-likeness (QED) is 0.794. The van der Waals surface area contributed by atoms with E-state index in [0.29, 0.717) is 10.9 Å². The Morgan fingerprint density at radius 3 is 2.88 bits per heavy atom. The van der Waals surface area contributed by atoms with Gasteiger partial charge >= 0.3 is 0 Å². The second kappa shape index (κ2) is 8.17. The van der Waals surface area contributed by atoms with Crippen LogP contribution in [0.25, 0.3) is 10.9 Å². The maximum atomic E-state index is 12.3. The summed E-state index contributed by atoms with van der Waals surface area (Å²) in [6.07, 6.45) is 0.195. The molecule has 2 heterocycles. The van der Waals surface area contributed by atoms with Crippen molar-refractivity contribution in [1.29, 1.82) is 0 Å². The van der Waals surface area contributed by atoms with Gasteiger partial charge in [-0.3, -0.25) is 14.5 Å². The molecule has 1 saturated heterocycles. The van der Waals surface area contributed by atoms with Gasteiger partial charge in [0.1, 0.15) is 5.52 Å². The van der Waals surface area contributed by atoms with Crippen molar-refractivity contribution in [2.75, 3.05) is 32.8 Å². The number of hydrogen-bond donors (Lipinski definition) is 1. The van der Waals surface area contributed by atoms with E-state index in [4.69, 9.17) is 4.74 Å². The number of hydrogen-bond acceptors (Lipinski definition) is 6. The molecule has 2 aromatic rings. The van der Waals surface area contributed by atoms with E-state index in [1.807, 2.05) is 13.0 Å². The molecule has 1 aliphatic heterocycles. The van der Waals surface area contributed by atoms with Crippen molar-refractivity contribution in [1.82, 2.24) is 25.2 Å². The van der Waals surface area contributed by atoms with E-state index in [-0.39, 0.29) is 30.5 Å². The monoisotopic (exact) mass is 345 g/mol. The van der Waals surface area contributed by atoms with E-state index >= 15 is 0 Å². The molecule has 1 fully saturated rings. The molecule has 0 spiro atoms. The largest absolute Gasteiger partial charge is 0.379 e. The molecule has 0 bridgehead atoms. The van der Waals surface area contributed by atoms with Crippen LogP contribution in [0.4, 0.5) is 0 Å². The van der Waals surface area contributed by atoms with Gasteiger partial charge in [0, 0.05) is 32.1 Å². The Morgan fingerprint density at radius 1 is 1.32 bits per heavy atom. The van der Waals surface area contributed by atoms with Gasteiger partial charge in [-0.05, 0) is 19.1 Å². The molecule has 3 rings (SSSR count). The highest BCUT2D eigenvalue weighted by molar-refractivity contribution is 5.77. The molecule has 1 amide bonds. The molecule has 8 nitrogen and oxygen atoms in total. The second-order valence-corrected chi connectivity index (χ2v) is 6.27. The van der Waals surface area contributed by atoms with Crippen molar-refractivity contribution >= 4 is 16.8 Å². The van der Waals surface area contributed by atoms with E-state index in [1.165, 1.54) is 4.68 Å². The van der Waals surface area contributed by atoms with Crippen LogP contribution in [0.5, 0.6) is 0 Å².